The first-order chi connectivity index (χ1) is 10.0. The number of nitrogens with two attached hydrogens (primary N) is 1. The molecule has 4 heteroatoms. The third-order valence-corrected chi connectivity index (χ3v) is 3.51. The van der Waals surface area contributed by atoms with Crippen molar-refractivity contribution in [2.24, 2.45) is 0 Å². The van der Waals surface area contributed by atoms with E-state index in [1.54, 1.807) is 12.1 Å². The first kappa shape index (κ1) is 13.2. The number of aromatic nitrogens is 1. The van der Waals surface area contributed by atoms with E-state index in [-0.39, 0.29) is 5.75 Å². The monoisotopic (exact) mass is 279 g/mol. The van der Waals surface area contributed by atoms with Gasteiger partial charge in [0.1, 0.15) is 5.75 Å². The summed E-state index contributed by atoms with van der Waals surface area (Å²) in [5.41, 5.74) is 9.59. The molecule has 0 saturated heterocycles. The van der Waals surface area contributed by atoms with Crippen molar-refractivity contribution < 1.29 is 5.11 Å². The molecule has 0 radical (unpaired) electrons. The van der Waals surface area contributed by atoms with Gasteiger partial charge in [-0.3, -0.25) is 0 Å². The van der Waals surface area contributed by atoms with E-state index in [0.717, 1.165) is 27.7 Å². The lowest BCUT2D eigenvalue weighted by Crippen LogP contribution is -2.03. The van der Waals surface area contributed by atoms with Crippen LogP contribution in [0.25, 0.3) is 10.8 Å². The Kier molecular flexibility index (Phi) is 3.14. The third kappa shape index (κ3) is 2.48. The van der Waals surface area contributed by atoms with Crippen molar-refractivity contribution in [2.75, 3.05) is 11.1 Å². The molecule has 0 aliphatic rings. The molecule has 1 heterocycles. The summed E-state index contributed by atoms with van der Waals surface area (Å²) in [5, 5.41) is 14.8. The molecular weight excluding hydrogens is 262 g/mol. The number of phenolic OH excluding ortho intramolecular Hbond substituents is 1. The molecule has 0 aliphatic heterocycles. The van der Waals surface area contributed by atoms with Crippen LogP contribution in [0.1, 0.15) is 11.3 Å². The molecule has 0 amide bonds. The number of phenols is 1. The zero-order valence-electron chi connectivity index (χ0n) is 12.0. The largest absolute Gasteiger partial charge is 0.508 e. The average Bonchev–Trinajstić information content (AvgIpc) is 2.44. The highest BCUT2D eigenvalue weighted by molar-refractivity contribution is 5.96. The number of nitrogens with one attached hydrogen (secondary N) is 1. The van der Waals surface area contributed by atoms with Crippen LogP contribution in [0.15, 0.2) is 42.5 Å². The van der Waals surface area contributed by atoms with E-state index in [1.807, 2.05) is 44.2 Å². The SMILES string of the molecule is Cc1cc(C)c(N)c(Nc2cccc3cc(O)ccc23)n1. The van der Waals surface area contributed by atoms with Crippen molar-refractivity contribution in [3.05, 3.63) is 53.7 Å². The molecule has 0 unspecified atom stereocenters. The summed E-state index contributed by atoms with van der Waals surface area (Å²) >= 11 is 0. The van der Waals surface area contributed by atoms with Gasteiger partial charge in [0, 0.05) is 16.8 Å². The Balaban J connectivity index is 2.10. The van der Waals surface area contributed by atoms with Crippen LogP contribution in [0.5, 0.6) is 5.75 Å². The number of hydrogen-bond acceptors (Lipinski definition) is 4. The molecule has 0 spiro atoms. The summed E-state index contributed by atoms with van der Waals surface area (Å²) < 4.78 is 0. The molecule has 2 aromatic carbocycles. The van der Waals surface area contributed by atoms with Crippen LogP contribution in [-0.4, -0.2) is 10.1 Å². The molecule has 0 atom stereocenters. The number of aryl methyl sites for hydroxylation is 2. The Morgan fingerprint density at radius 2 is 1.90 bits per heavy atom. The van der Waals surface area contributed by atoms with E-state index >= 15 is 0 Å². The maximum absolute atomic E-state index is 9.58. The summed E-state index contributed by atoms with van der Waals surface area (Å²) in [7, 11) is 0. The van der Waals surface area contributed by atoms with Gasteiger partial charge in [0.25, 0.3) is 0 Å². The number of nitrogens with zero attached hydrogens (tertiary/aromatic N) is 1. The number of rotatable bonds is 2. The second kappa shape index (κ2) is 4.98. The van der Waals surface area contributed by atoms with Crippen molar-refractivity contribution >= 4 is 28.0 Å². The van der Waals surface area contributed by atoms with Crippen LogP contribution in [0, 0.1) is 13.8 Å². The van der Waals surface area contributed by atoms with E-state index in [4.69, 9.17) is 5.73 Å². The second-order valence-electron chi connectivity index (χ2n) is 5.18. The number of aromatic hydroxyl groups is 1. The molecule has 1 aromatic heterocycles. The van der Waals surface area contributed by atoms with Gasteiger partial charge in [-0.05, 0) is 55.1 Å². The van der Waals surface area contributed by atoms with Gasteiger partial charge >= 0.3 is 0 Å². The normalized spacial score (nSPS) is 10.8. The summed E-state index contributed by atoms with van der Waals surface area (Å²) in [4.78, 5) is 4.47. The zero-order valence-corrected chi connectivity index (χ0v) is 12.0. The van der Waals surface area contributed by atoms with Crippen LogP contribution in [0.3, 0.4) is 0 Å². The Hall–Kier alpha value is -2.75. The standard InChI is InChI=1S/C17H17N3O/c1-10-8-11(2)19-17(16(10)18)20-15-5-3-4-12-9-13(21)6-7-14(12)15/h3-9,21H,18H2,1-2H3,(H,19,20). The number of fused-ring (bicyclic) bond motifs is 1. The lowest BCUT2D eigenvalue weighted by molar-refractivity contribution is 0.476. The van der Waals surface area contributed by atoms with Crippen molar-refractivity contribution in [1.29, 1.82) is 0 Å². The summed E-state index contributed by atoms with van der Waals surface area (Å²) in [6, 6.07) is 13.1. The number of hydrogen-bond donors (Lipinski definition) is 3. The summed E-state index contributed by atoms with van der Waals surface area (Å²) in [6.07, 6.45) is 0. The molecule has 3 aromatic rings. The highest BCUT2D eigenvalue weighted by Gasteiger charge is 2.08. The maximum atomic E-state index is 9.58. The van der Waals surface area contributed by atoms with E-state index < -0.39 is 0 Å². The summed E-state index contributed by atoms with van der Waals surface area (Å²) in [6.45, 7) is 3.91. The Labute approximate surface area is 123 Å². The van der Waals surface area contributed by atoms with Crippen LogP contribution in [-0.2, 0) is 0 Å². The van der Waals surface area contributed by atoms with Crippen molar-refractivity contribution in [1.82, 2.24) is 4.98 Å². The van der Waals surface area contributed by atoms with Crippen molar-refractivity contribution in [3.63, 3.8) is 0 Å². The van der Waals surface area contributed by atoms with Crippen molar-refractivity contribution in [2.45, 2.75) is 13.8 Å². The fourth-order valence-corrected chi connectivity index (χ4v) is 2.45. The summed E-state index contributed by atoms with van der Waals surface area (Å²) in [5.74, 6) is 0.914. The average molecular weight is 279 g/mol. The lowest BCUT2D eigenvalue weighted by Gasteiger charge is -2.13. The number of nitrogen functional groups attached to an aromatic ring is 1. The molecule has 3 rings (SSSR count). The van der Waals surface area contributed by atoms with Crippen LogP contribution in [0.2, 0.25) is 0 Å². The first-order valence-electron chi connectivity index (χ1n) is 6.77. The molecule has 106 valence electrons. The number of anilines is 3. The van der Waals surface area contributed by atoms with Gasteiger partial charge in [-0.2, -0.15) is 0 Å². The van der Waals surface area contributed by atoms with E-state index in [0.29, 0.717) is 11.5 Å². The Bertz CT molecular complexity index is 828. The van der Waals surface area contributed by atoms with E-state index in [2.05, 4.69) is 10.3 Å². The highest BCUT2D eigenvalue weighted by atomic mass is 16.3. The topological polar surface area (TPSA) is 71.2 Å². The Morgan fingerprint density at radius 3 is 2.71 bits per heavy atom. The predicted molar refractivity (Wildman–Crippen MR) is 87.0 cm³/mol. The third-order valence-electron chi connectivity index (χ3n) is 3.51. The molecule has 4 N–H and O–H groups in total. The van der Waals surface area contributed by atoms with Gasteiger partial charge in [0.05, 0.1) is 5.69 Å². The Morgan fingerprint density at radius 1 is 1.10 bits per heavy atom. The van der Waals surface area contributed by atoms with E-state index in [9.17, 15) is 5.11 Å². The zero-order chi connectivity index (χ0) is 15.0. The maximum Gasteiger partial charge on any atom is 0.154 e. The lowest BCUT2D eigenvalue weighted by atomic mass is 10.1. The van der Waals surface area contributed by atoms with Crippen molar-refractivity contribution in [3.8, 4) is 5.75 Å². The molecular formula is C17H17N3O. The van der Waals surface area contributed by atoms with Gasteiger partial charge in [0.2, 0.25) is 0 Å². The van der Waals surface area contributed by atoms with Crippen LogP contribution in [0.4, 0.5) is 17.2 Å². The fraction of sp³-hybridized carbons (Fsp3) is 0.118. The molecule has 0 fully saturated rings. The number of pyridine rings is 1. The smallest absolute Gasteiger partial charge is 0.154 e. The minimum absolute atomic E-state index is 0.253. The van der Waals surface area contributed by atoms with Gasteiger partial charge in [0.15, 0.2) is 5.82 Å². The minimum Gasteiger partial charge on any atom is -0.508 e. The predicted octanol–water partition coefficient (Wildman–Crippen LogP) is 3.88. The second-order valence-corrected chi connectivity index (χ2v) is 5.18. The minimum atomic E-state index is 0.253. The van der Waals surface area contributed by atoms with Gasteiger partial charge in [-0.25, -0.2) is 4.98 Å². The quantitative estimate of drug-likeness (QED) is 0.665. The highest BCUT2D eigenvalue weighted by Crippen LogP contribution is 2.31. The molecule has 21 heavy (non-hydrogen) atoms. The van der Waals surface area contributed by atoms with Gasteiger partial charge < -0.3 is 16.2 Å². The molecule has 4 nitrogen and oxygen atoms in total. The number of benzene rings is 2. The first-order valence-corrected chi connectivity index (χ1v) is 6.77. The van der Waals surface area contributed by atoms with Crippen LogP contribution < -0.4 is 11.1 Å². The van der Waals surface area contributed by atoms with Gasteiger partial charge in [-0.1, -0.05) is 12.1 Å². The van der Waals surface area contributed by atoms with Gasteiger partial charge in [-0.15, -0.1) is 0 Å². The van der Waals surface area contributed by atoms with E-state index in [1.165, 1.54) is 0 Å². The molecule has 0 aliphatic carbocycles. The molecule has 0 bridgehead atoms. The molecule has 0 saturated carbocycles. The fourth-order valence-electron chi connectivity index (χ4n) is 2.45. The van der Waals surface area contributed by atoms with Crippen LogP contribution >= 0.6 is 0 Å².